The molecule has 2 heterocycles. The fourth-order valence-corrected chi connectivity index (χ4v) is 3.40. The molecule has 1 unspecified atom stereocenters. The van der Waals surface area contributed by atoms with Crippen molar-refractivity contribution in [2.45, 2.75) is 24.9 Å². The molecule has 180 valence electrons. The number of nitrogen functional groups attached to an aromatic ring is 1. The van der Waals surface area contributed by atoms with E-state index in [2.05, 4.69) is 25.9 Å². The minimum absolute atomic E-state index is 0.0161. The molecule has 0 bridgehead atoms. The predicted octanol–water partition coefficient (Wildman–Crippen LogP) is 0.0375. The molecule has 0 fully saturated rings. The summed E-state index contributed by atoms with van der Waals surface area (Å²) in [6.45, 7) is 0.903. The SMILES string of the molecule is N=CN(C(=O)c1ccc(NCC2CNc3nc(N)[nH]c(=O)c3N2)cc1)[C@@H](CCC(=O)O)C(=O)O. The Morgan fingerprint density at radius 3 is 2.62 bits per heavy atom. The summed E-state index contributed by atoms with van der Waals surface area (Å²) in [7, 11) is 0. The van der Waals surface area contributed by atoms with Crippen molar-refractivity contribution in [3.63, 3.8) is 0 Å². The highest BCUT2D eigenvalue weighted by Gasteiger charge is 2.29. The van der Waals surface area contributed by atoms with Crippen LogP contribution < -0.4 is 27.2 Å². The van der Waals surface area contributed by atoms with Crippen molar-refractivity contribution in [1.29, 1.82) is 5.41 Å². The molecule has 0 radical (unpaired) electrons. The number of aliphatic carboxylic acids is 2. The predicted molar refractivity (Wildman–Crippen MR) is 123 cm³/mol. The number of fused-ring (bicyclic) bond motifs is 1. The summed E-state index contributed by atoms with van der Waals surface area (Å²) in [4.78, 5) is 54.2. The minimum atomic E-state index is -1.47. The summed E-state index contributed by atoms with van der Waals surface area (Å²) < 4.78 is 0. The molecule has 0 saturated heterocycles. The standard InChI is InChI=1S/C20H24N8O6/c21-9-28(13(19(33)34)5-6-14(29)30)18(32)10-1-3-11(4-2-10)23-7-12-8-24-16-15(25-12)17(31)27-20(22)26-16/h1-4,9,12-13,21,23,25H,5-8H2,(H,29,30)(H,33,34)(H4,22,24,26,27,31)/t12?,13-/m0/s1. The van der Waals surface area contributed by atoms with Crippen LogP contribution in [0.4, 0.5) is 23.1 Å². The van der Waals surface area contributed by atoms with Gasteiger partial charge in [0.2, 0.25) is 5.95 Å². The average molecular weight is 472 g/mol. The largest absolute Gasteiger partial charge is 0.481 e. The second kappa shape index (κ2) is 10.3. The van der Waals surface area contributed by atoms with Crippen LogP contribution >= 0.6 is 0 Å². The van der Waals surface area contributed by atoms with E-state index in [-0.39, 0.29) is 35.2 Å². The van der Waals surface area contributed by atoms with Gasteiger partial charge in [-0.25, -0.2) is 4.79 Å². The first-order valence-corrected chi connectivity index (χ1v) is 10.2. The number of carboxylic acid groups (broad SMARTS) is 2. The van der Waals surface area contributed by atoms with Crippen LogP contribution in [-0.4, -0.2) is 74.4 Å². The number of benzene rings is 1. The number of amides is 1. The molecule has 0 saturated carbocycles. The summed E-state index contributed by atoms with van der Waals surface area (Å²) >= 11 is 0. The normalized spacial score (nSPS) is 15.1. The number of H-pyrrole nitrogens is 1. The first-order chi connectivity index (χ1) is 16.2. The Hall–Kier alpha value is -4.62. The van der Waals surface area contributed by atoms with Gasteiger partial charge >= 0.3 is 11.9 Å². The first-order valence-electron chi connectivity index (χ1n) is 10.2. The smallest absolute Gasteiger partial charge is 0.326 e. The van der Waals surface area contributed by atoms with Gasteiger partial charge in [0, 0.05) is 30.8 Å². The van der Waals surface area contributed by atoms with Crippen molar-refractivity contribution in [1.82, 2.24) is 14.9 Å². The van der Waals surface area contributed by atoms with Crippen LogP contribution in [-0.2, 0) is 9.59 Å². The highest BCUT2D eigenvalue weighted by Crippen LogP contribution is 2.20. The van der Waals surface area contributed by atoms with Crippen LogP contribution in [0.2, 0.25) is 0 Å². The van der Waals surface area contributed by atoms with E-state index < -0.39 is 30.3 Å². The number of carboxylic acids is 2. The van der Waals surface area contributed by atoms with E-state index in [1.54, 1.807) is 12.1 Å². The van der Waals surface area contributed by atoms with Crippen LogP contribution in [0.3, 0.4) is 0 Å². The van der Waals surface area contributed by atoms with E-state index in [9.17, 15) is 24.3 Å². The van der Waals surface area contributed by atoms with Crippen LogP contribution in [0.15, 0.2) is 29.1 Å². The van der Waals surface area contributed by atoms with Gasteiger partial charge in [0.1, 0.15) is 11.7 Å². The van der Waals surface area contributed by atoms with Gasteiger partial charge in [0.25, 0.3) is 11.5 Å². The molecule has 34 heavy (non-hydrogen) atoms. The molecule has 1 amide bonds. The first kappa shape index (κ1) is 24.0. The molecule has 1 aliphatic heterocycles. The Morgan fingerprint density at radius 1 is 1.29 bits per heavy atom. The fraction of sp³-hybridized carbons (Fsp3) is 0.300. The number of aromatic nitrogens is 2. The molecule has 14 nitrogen and oxygen atoms in total. The molecule has 1 aliphatic rings. The van der Waals surface area contributed by atoms with Gasteiger partial charge in [-0.15, -0.1) is 0 Å². The maximum absolute atomic E-state index is 12.7. The molecule has 3 rings (SSSR count). The zero-order chi connectivity index (χ0) is 24.8. The highest BCUT2D eigenvalue weighted by molar-refractivity contribution is 6.03. The number of nitrogens with two attached hydrogens (primary N) is 1. The van der Waals surface area contributed by atoms with Crippen molar-refractivity contribution in [2.75, 3.05) is 34.8 Å². The lowest BCUT2D eigenvalue weighted by molar-refractivity contribution is -0.142. The second-order valence-corrected chi connectivity index (χ2v) is 7.48. The summed E-state index contributed by atoms with van der Waals surface area (Å²) in [6, 6.07) is 4.54. The molecule has 0 aliphatic carbocycles. The lowest BCUT2D eigenvalue weighted by Crippen LogP contribution is -2.44. The Bertz CT molecular complexity index is 1150. The Kier molecular flexibility index (Phi) is 7.30. The molecule has 14 heteroatoms. The van der Waals surface area contributed by atoms with Crippen LogP contribution in [0, 0.1) is 5.41 Å². The third-order valence-corrected chi connectivity index (χ3v) is 5.11. The molecule has 0 spiro atoms. The summed E-state index contributed by atoms with van der Waals surface area (Å²) in [6.07, 6.45) is -0.206. The Morgan fingerprint density at radius 2 is 2.00 bits per heavy atom. The Balaban J connectivity index is 1.62. The third kappa shape index (κ3) is 5.59. The number of carbonyl (C=O) groups is 3. The van der Waals surface area contributed by atoms with E-state index in [1.165, 1.54) is 12.1 Å². The average Bonchev–Trinajstić information content (AvgIpc) is 2.80. The molecule has 2 atom stereocenters. The van der Waals surface area contributed by atoms with Gasteiger partial charge in [-0.3, -0.25) is 29.7 Å². The highest BCUT2D eigenvalue weighted by atomic mass is 16.4. The van der Waals surface area contributed by atoms with Gasteiger partial charge in [-0.05, 0) is 30.7 Å². The number of rotatable bonds is 10. The zero-order valence-electron chi connectivity index (χ0n) is 17.9. The maximum atomic E-state index is 12.7. The van der Waals surface area contributed by atoms with E-state index in [1.807, 2.05) is 0 Å². The zero-order valence-corrected chi connectivity index (χ0v) is 17.9. The number of aromatic amines is 1. The van der Waals surface area contributed by atoms with Crippen LogP contribution in [0.1, 0.15) is 23.2 Å². The van der Waals surface area contributed by atoms with E-state index in [0.717, 1.165) is 0 Å². The quantitative estimate of drug-likeness (QED) is 0.170. The third-order valence-electron chi connectivity index (χ3n) is 5.11. The summed E-state index contributed by atoms with van der Waals surface area (Å²) in [5.74, 6) is -2.94. The van der Waals surface area contributed by atoms with E-state index in [0.29, 0.717) is 35.8 Å². The topological polar surface area (TPSA) is 227 Å². The minimum Gasteiger partial charge on any atom is -0.481 e. The molecule has 9 N–H and O–H groups in total. The number of anilines is 4. The van der Waals surface area contributed by atoms with Gasteiger partial charge in [0.05, 0.1) is 12.4 Å². The number of carbonyl (C=O) groups excluding carboxylic acids is 1. The van der Waals surface area contributed by atoms with E-state index in [4.69, 9.17) is 16.2 Å². The maximum Gasteiger partial charge on any atom is 0.326 e. The summed E-state index contributed by atoms with van der Waals surface area (Å²) in [5.41, 5.74) is 6.23. The number of nitrogens with zero attached hydrogens (tertiary/aromatic N) is 2. The van der Waals surface area contributed by atoms with Gasteiger partial charge in [-0.1, -0.05) is 0 Å². The van der Waals surface area contributed by atoms with Crippen molar-refractivity contribution < 1.29 is 24.6 Å². The summed E-state index contributed by atoms with van der Waals surface area (Å²) in [5, 5.41) is 34.9. The number of hydrogen-bond acceptors (Lipinski definition) is 10. The van der Waals surface area contributed by atoms with Gasteiger partial charge in [0.15, 0.2) is 5.82 Å². The monoisotopic (exact) mass is 472 g/mol. The molecule has 2 aromatic rings. The lowest BCUT2D eigenvalue weighted by Gasteiger charge is -2.27. The van der Waals surface area contributed by atoms with Crippen molar-refractivity contribution in [3.8, 4) is 0 Å². The Labute approximate surface area is 192 Å². The molecular weight excluding hydrogens is 448 g/mol. The number of hydrogen-bond donors (Lipinski definition) is 8. The molecule has 1 aromatic carbocycles. The van der Waals surface area contributed by atoms with E-state index >= 15 is 0 Å². The molecular formula is C20H24N8O6. The van der Waals surface area contributed by atoms with Crippen LogP contribution in [0.5, 0.6) is 0 Å². The van der Waals surface area contributed by atoms with Crippen molar-refractivity contribution in [2.24, 2.45) is 0 Å². The fourth-order valence-electron chi connectivity index (χ4n) is 3.40. The second-order valence-electron chi connectivity index (χ2n) is 7.48. The van der Waals surface area contributed by atoms with Crippen molar-refractivity contribution >= 4 is 47.3 Å². The van der Waals surface area contributed by atoms with Crippen LogP contribution in [0.25, 0.3) is 0 Å². The van der Waals surface area contributed by atoms with Gasteiger partial charge < -0.3 is 31.9 Å². The van der Waals surface area contributed by atoms with Gasteiger partial charge in [-0.2, -0.15) is 4.98 Å². The molecule has 1 aromatic heterocycles. The lowest BCUT2D eigenvalue weighted by atomic mass is 10.1. The van der Waals surface area contributed by atoms with Crippen molar-refractivity contribution in [3.05, 3.63) is 40.2 Å². The number of nitrogens with one attached hydrogen (secondary N) is 5.